The summed E-state index contributed by atoms with van der Waals surface area (Å²) in [5.74, 6) is 0.222. The molecule has 1 fully saturated rings. The summed E-state index contributed by atoms with van der Waals surface area (Å²) in [6.45, 7) is 4.21. The number of carbonyl (C=O) groups excluding carboxylic acids is 1. The number of rotatable bonds is 5. The average molecular weight is 447 g/mol. The zero-order valence-corrected chi connectivity index (χ0v) is 18.3. The van der Waals surface area contributed by atoms with Crippen LogP contribution in [0.5, 0.6) is 0 Å². The predicted molar refractivity (Wildman–Crippen MR) is 114 cm³/mol. The Morgan fingerprint density at radius 1 is 1.27 bits per heavy atom. The molecule has 1 amide bonds. The first-order valence-electron chi connectivity index (χ1n) is 9.60. The Bertz CT molecular complexity index is 1150. The fraction of sp³-hybridized carbons (Fsp3) is 0.350. The molecule has 30 heavy (non-hydrogen) atoms. The van der Waals surface area contributed by atoms with E-state index in [9.17, 15) is 13.2 Å². The second-order valence-corrected chi connectivity index (χ2v) is 10.4. The van der Waals surface area contributed by atoms with Crippen molar-refractivity contribution >= 4 is 33.0 Å². The molecule has 0 radical (unpaired) electrons. The minimum Gasteiger partial charge on any atom is -0.339 e. The van der Waals surface area contributed by atoms with Gasteiger partial charge in [-0.15, -0.1) is 11.3 Å². The molecule has 0 aliphatic carbocycles. The fourth-order valence-corrected chi connectivity index (χ4v) is 6.20. The molecule has 4 rings (SSSR count). The molecule has 1 aromatic carbocycles. The zero-order chi connectivity index (χ0) is 21.3. The third-order valence-electron chi connectivity index (χ3n) is 5.03. The van der Waals surface area contributed by atoms with Crippen molar-refractivity contribution in [3.63, 3.8) is 0 Å². The van der Waals surface area contributed by atoms with Gasteiger partial charge >= 0.3 is 0 Å². The lowest BCUT2D eigenvalue weighted by Gasteiger charge is -2.30. The Hall–Kier alpha value is -2.56. The number of anilines is 1. The first-order valence-corrected chi connectivity index (χ1v) is 11.9. The van der Waals surface area contributed by atoms with E-state index >= 15 is 0 Å². The lowest BCUT2D eigenvalue weighted by Crippen LogP contribution is -2.43. The number of thiophene rings is 1. The van der Waals surface area contributed by atoms with Crippen molar-refractivity contribution in [1.82, 2.24) is 14.4 Å². The summed E-state index contributed by atoms with van der Waals surface area (Å²) in [5.41, 5.74) is 2.42. The summed E-state index contributed by atoms with van der Waals surface area (Å²) in [4.78, 5) is 16.8. The van der Waals surface area contributed by atoms with E-state index in [-0.39, 0.29) is 16.7 Å². The molecule has 10 heteroatoms. The zero-order valence-electron chi connectivity index (χ0n) is 16.7. The molecule has 0 spiro atoms. The molecule has 1 aliphatic heterocycles. The summed E-state index contributed by atoms with van der Waals surface area (Å²) in [6.07, 6.45) is 1.29. The quantitative estimate of drug-likeness (QED) is 0.643. The van der Waals surface area contributed by atoms with Gasteiger partial charge in [-0.25, -0.2) is 8.42 Å². The van der Waals surface area contributed by atoms with E-state index in [1.165, 1.54) is 4.31 Å². The molecular formula is C20H22N4O4S2. The van der Waals surface area contributed by atoms with Crippen LogP contribution in [0, 0.1) is 19.8 Å². The minimum absolute atomic E-state index is 0.159. The summed E-state index contributed by atoms with van der Waals surface area (Å²) in [6, 6.07) is 9.09. The van der Waals surface area contributed by atoms with Gasteiger partial charge in [-0.2, -0.15) is 9.29 Å². The number of aromatic nitrogens is 2. The van der Waals surface area contributed by atoms with Crippen LogP contribution in [0.3, 0.4) is 0 Å². The second-order valence-electron chi connectivity index (χ2n) is 7.35. The number of sulfonamides is 1. The van der Waals surface area contributed by atoms with Crippen molar-refractivity contribution in [2.75, 3.05) is 18.4 Å². The molecule has 3 heterocycles. The Morgan fingerprint density at radius 2 is 2.03 bits per heavy atom. The highest BCUT2D eigenvalue weighted by molar-refractivity contribution is 7.91. The topological polar surface area (TPSA) is 105 Å². The normalized spacial score (nSPS) is 17.7. The van der Waals surface area contributed by atoms with E-state index in [1.807, 2.05) is 31.2 Å². The fourth-order valence-electron chi connectivity index (χ4n) is 3.37. The van der Waals surface area contributed by atoms with E-state index in [2.05, 4.69) is 15.5 Å². The molecule has 0 bridgehead atoms. The maximum Gasteiger partial charge on any atom is 0.252 e. The van der Waals surface area contributed by atoms with Crippen molar-refractivity contribution in [3.05, 3.63) is 47.2 Å². The van der Waals surface area contributed by atoms with Crippen LogP contribution in [0.4, 0.5) is 5.69 Å². The number of hydrogen-bond donors (Lipinski definition) is 1. The van der Waals surface area contributed by atoms with E-state index in [4.69, 9.17) is 4.52 Å². The van der Waals surface area contributed by atoms with Crippen LogP contribution in [-0.2, 0) is 14.8 Å². The highest BCUT2D eigenvalue weighted by Gasteiger charge is 2.34. The van der Waals surface area contributed by atoms with Crippen molar-refractivity contribution in [2.24, 2.45) is 5.92 Å². The Labute approximate surface area is 179 Å². The summed E-state index contributed by atoms with van der Waals surface area (Å²) in [5, 5.41) is 8.42. The maximum absolute atomic E-state index is 13.1. The third kappa shape index (κ3) is 4.30. The van der Waals surface area contributed by atoms with Gasteiger partial charge in [-0.1, -0.05) is 22.9 Å². The Morgan fingerprint density at radius 3 is 2.73 bits per heavy atom. The van der Waals surface area contributed by atoms with Crippen LogP contribution in [0.1, 0.15) is 24.3 Å². The largest absolute Gasteiger partial charge is 0.339 e. The van der Waals surface area contributed by atoms with Gasteiger partial charge in [0.25, 0.3) is 10.0 Å². The first kappa shape index (κ1) is 20.7. The standard InChI is InChI=1S/C20H22N4O4S2/c1-13-5-7-17(8-6-13)22-20(25)15-4-3-9-24(11-15)30(26,27)18-10-16(12-29-18)19-21-14(2)28-23-19/h5-8,10,12,15H,3-4,9,11H2,1-2H3,(H,22,25)/t15-/m1/s1. The van der Waals surface area contributed by atoms with Crippen LogP contribution in [0.15, 0.2) is 44.4 Å². The molecule has 8 nitrogen and oxygen atoms in total. The van der Waals surface area contributed by atoms with Gasteiger partial charge in [0, 0.05) is 36.6 Å². The number of amides is 1. The van der Waals surface area contributed by atoms with Crippen LogP contribution in [-0.4, -0.2) is 41.9 Å². The summed E-state index contributed by atoms with van der Waals surface area (Å²) >= 11 is 1.12. The SMILES string of the molecule is Cc1ccc(NC(=O)[C@@H]2CCCN(S(=O)(=O)c3cc(-c4noc(C)n4)cs3)C2)cc1. The van der Waals surface area contributed by atoms with Crippen molar-refractivity contribution in [1.29, 1.82) is 0 Å². The van der Waals surface area contributed by atoms with Crippen LogP contribution in [0.2, 0.25) is 0 Å². The molecule has 1 atom stereocenters. The molecule has 0 unspecified atom stereocenters. The number of nitrogens with zero attached hydrogens (tertiary/aromatic N) is 3. The Kier molecular flexibility index (Phi) is 5.72. The van der Waals surface area contributed by atoms with Gasteiger partial charge in [0.05, 0.1) is 5.92 Å². The third-order valence-corrected chi connectivity index (χ3v) is 8.31. The van der Waals surface area contributed by atoms with Gasteiger partial charge < -0.3 is 9.84 Å². The van der Waals surface area contributed by atoms with E-state index in [1.54, 1.807) is 18.4 Å². The van der Waals surface area contributed by atoms with Gasteiger partial charge in [0.1, 0.15) is 4.21 Å². The van der Waals surface area contributed by atoms with Crippen molar-refractivity contribution in [3.8, 4) is 11.4 Å². The van der Waals surface area contributed by atoms with Crippen molar-refractivity contribution in [2.45, 2.75) is 30.9 Å². The highest BCUT2D eigenvalue weighted by atomic mass is 32.2. The molecule has 158 valence electrons. The average Bonchev–Trinajstić information content (AvgIpc) is 3.39. The Balaban J connectivity index is 1.47. The molecule has 1 saturated heterocycles. The van der Waals surface area contributed by atoms with E-state index < -0.39 is 15.9 Å². The van der Waals surface area contributed by atoms with Crippen LogP contribution < -0.4 is 5.32 Å². The number of benzene rings is 1. The van der Waals surface area contributed by atoms with Crippen molar-refractivity contribution < 1.29 is 17.7 Å². The molecule has 1 N–H and O–H groups in total. The molecule has 3 aromatic rings. The van der Waals surface area contributed by atoms with Crippen LogP contribution in [0.25, 0.3) is 11.4 Å². The van der Waals surface area contributed by atoms with Crippen LogP contribution >= 0.6 is 11.3 Å². The molecule has 2 aromatic heterocycles. The second kappa shape index (κ2) is 8.29. The smallest absolute Gasteiger partial charge is 0.252 e. The number of hydrogen-bond acceptors (Lipinski definition) is 7. The number of nitrogens with one attached hydrogen (secondary N) is 1. The maximum atomic E-state index is 13.1. The van der Waals surface area contributed by atoms with Gasteiger partial charge in [0.15, 0.2) is 0 Å². The van der Waals surface area contributed by atoms with E-state index in [0.717, 1.165) is 16.9 Å². The minimum atomic E-state index is -3.70. The number of aryl methyl sites for hydroxylation is 2. The molecule has 0 saturated carbocycles. The summed E-state index contributed by atoms with van der Waals surface area (Å²) < 4.78 is 32.9. The van der Waals surface area contributed by atoms with E-state index in [0.29, 0.717) is 42.4 Å². The summed E-state index contributed by atoms with van der Waals surface area (Å²) in [7, 11) is -3.70. The van der Waals surface area contributed by atoms with Gasteiger partial charge in [-0.3, -0.25) is 4.79 Å². The number of piperidine rings is 1. The monoisotopic (exact) mass is 446 g/mol. The molecular weight excluding hydrogens is 424 g/mol. The highest BCUT2D eigenvalue weighted by Crippen LogP contribution is 2.31. The van der Waals surface area contributed by atoms with Gasteiger partial charge in [-0.05, 0) is 38.0 Å². The lowest BCUT2D eigenvalue weighted by molar-refractivity contribution is -0.120. The predicted octanol–water partition coefficient (Wildman–Crippen LogP) is 3.45. The first-order chi connectivity index (χ1) is 14.3. The lowest BCUT2D eigenvalue weighted by atomic mass is 9.98. The van der Waals surface area contributed by atoms with Gasteiger partial charge in [0.2, 0.25) is 17.6 Å². The molecule has 1 aliphatic rings. The number of carbonyl (C=O) groups is 1.